The maximum atomic E-state index is 5.69. The van der Waals surface area contributed by atoms with Gasteiger partial charge in [-0.25, -0.2) is 0 Å². The predicted octanol–water partition coefficient (Wildman–Crippen LogP) is 3.74. The van der Waals surface area contributed by atoms with Crippen molar-refractivity contribution in [1.29, 1.82) is 0 Å². The molecule has 2 rings (SSSR count). The van der Waals surface area contributed by atoms with E-state index in [1.54, 1.807) is 6.26 Å². The van der Waals surface area contributed by atoms with Crippen LogP contribution in [-0.4, -0.2) is 12.0 Å². The summed E-state index contributed by atoms with van der Waals surface area (Å²) < 4.78 is 5.36. The lowest BCUT2D eigenvalue weighted by atomic mass is 10.1. The Morgan fingerprint density at radius 1 is 1.29 bits per heavy atom. The summed E-state index contributed by atoms with van der Waals surface area (Å²) in [6, 6.07) is 8.89. The zero-order chi connectivity index (χ0) is 12.3. The Balaban J connectivity index is 2.20. The van der Waals surface area contributed by atoms with E-state index < -0.39 is 0 Å². The molecule has 0 atom stereocenters. The highest BCUT2D eigenvalue weighted by molar-refractivity contribution is 6.16. The molecular weight excluding hydrogens is 236 g/mol. The summed E-state index contributed by atoms with van der Waals surface area (Å²) in [6.07, 6.45) is 2.62. The summed E-state index contributed by atoms with van der Waals surface area (Å²) in [6.45, 7) is 2.14. The van der Waals surface area contributed by atoms with Gasteiger partial charge in [0.1, 0.15) is 6.26 Å². The molecule has 0 aliphatic carbocycles. The highest BCUT2D eigenvalue weighted by Gasteiger charge is 2.10. The molecule has 0 radical (unpaired) electrons. The lowest BCUT2D eigenvalue weighted by Gasteiger charge is -2.14. The van der Waals surface area contributed by atoms with E-state index >= 15 is 0 Å². The number of hydrogen-bond acceptors (Lipinski definition) is 3. The number of benzene rings is 1. The molecule has 0 fully saturated rings. The first-order valence-corrected chi connectivity index (χ1v) is 6.11. The number of hydrogen-bond donors (Lipinski definition) is 0. The quantitative estimate of drug-likeness (QED) is 0.774. The monoisotopic (exact) mass is 250 g/mol. The highest BCUT2D eigenvalue weighted by Crippen LogP contribution is 2.23. The Bertz CT molecular complexity index is 478. The normalized spacial score (nSPS) is 10.5. The summed E-state index contributed by atoms with van der Waals surface area (Å²) in [5.41, 5.74) is 3.11. The minimum atomic E-state index is 0.367. The van der Waals surface area contributed by atoms with Crippen LogP contribution in [0.5, 0.6) is 0 Å². The molecule has 1 aromatic carbocycles. The third kappa shape index (κ3) is 2.61. The van der Waals surface area contributed by atoms with Crippen LogP contribution in [0.1, 0.15) is 18.2 Å². The van der Waals surface area contributed by atoms with Gasteiger partial charge in [0.05, 0.1) is 11.6 Å². The molecule has 0 spiro atoms. The first-order valence-electron chi connectivity index (χ1n) is 5.57. The summed E-state index contributed by atoms with van der Waals surface area (Å²) >= 11 is 5.69. The molecule has 0 unspecified atom stereocenters. The number of anilines is 2. The van der Waals surface area contributed by atoms with Crippen molar-refractivity contribution >= 4 is 23.3 Å². The van der Waals surface area contributed by atoms with Crippen molar-refractivity contribution in [3.8, 4) is 0 Å². The Morgan fingerprint density at radius 2 is 2.00 bits per heavy atom. The number of nitrogens with zero attached hydrogens (tertiary/aromatic N) is 2. The second-order valence-electron chi connectivity index (χ2n) is 3.83. The lowest BCUT2D eigenvalue weighted by molar-refractivity contribution is 0.560. The van der Waals surface area contributed by atoms with Gasteiger partial charge in [0, 0.05) is 12.7 Å². The van der Waals surface area contributed by atoms with Crippen molar-refractivity contribution in [3.05, 3.63) is 41.8 Å². The topological polar surface area (TPSA) is 29.3 Å². The second kappa shape index (κ2) is 5.23. The Hall–Kier alpha value is -1.48. The molecule has 0 N–H and O–H groups in total. The van der Waals surface area contributed by atoms with Gasteiger partial charge in [-0.15, -0.1) is 11.6 Å². The Kier molecular flexibility index (Phi) is 3.69. The molecule has 3 nitrogen and oxygen atoms in total. The Labute approximate surface area is 106 Å². The van der Waals surface area contributed by atoms with Gasteiger partial charge in [-0.05, 0) is 24.1 Å². The van der Waals surface area contributed by atoms with E-state index in [2.05, 4.69) is 36.2 Å². The maximum Gasteiger partial charge on any atom is 0.301 e. The largest absolute Gasteiger partial charge is 0.431 e. The van der Waals surface area contributed by atoms with E-state index in [4.69, 9.17) is 16.0 Å². The van der Waals surface area contributed by atoms with E-state index in [1.807, 2.05) is 11.9 Å². The fraction of sp³-hybridized carbons (Fsp3) is 0.308. The number of aromatic nitrogens is 1. The molecule has 2 aromatic rings. The van der Waals surface area contributed by atoms with Crippen LogP contribution in [0.3, 0.4) is 0 Å². The van der Waals surface area contributed by atoms with Crippen LogP contribution in [0.2, 0.25) is 0 Å². The second-order valence-corrected chi connectivity index (χ2v) is 4.10. The van der Waals surface area contributed by atoms with Gasteiger partial charge in [-0.2, -0.15) is 4.98 Å². The minimum absolute atomic E-state index is 0.367. The van der Waals surface area contributed by atoms with Crippen molar-refractivity contribution in [1.82, 2.24) is 4.98 Å². The van der Waals surface area contributed by atoms with Crippen molar-refractivity contribution < 1.29 is 4.42 Å². The summed E-state index contributed by atoms with van der Waals surface area (Å²) in [5, 5.41) is 0. The number of rotatable bonds is 4. The number of aryl methyl sites for hydroxylation is 1. The first-order chi connectivity index (χ1) is 8.24. The molecule has 0 aliphatic heterocycles. The van der Waals surface area contributed by atoms with E-state index in [9.17, 15) is 0 Å². The molecule has 0 bridgehead atoms. The van der Waals surface area contributed by atoms with E-state index in [-0.39, 0.29) is 0 Å². The van der Waals surface area contributed by atoms with Gasteiger partial charge < -0.3 is 4.42 Å². The summed E-state index contributed by atoms with van der Waals surface area (Å²) in [5.74, 6) is 0.367. The van der Waals surface area contributed by atoms with E-state index in [0.29, 0.717) is 11.9 Å². The molecule has 1 heterocycles. The minimum Gasteiger partial charge on any atom is -0.431 e. The van der Waals surface area contributed by atoms with E-state index in [0.717, 1.165) is 17.8 Å². The predicted molar refractivity (Wildman–Crippen MR) is 69.9 cm³/mol. The van der Waals surface area contributed by atoms with Crippen LogP contribution in [0, 0.1) is 0 Å². The molecule has 0 amide bonds. The number of alkyl halides is 1. The molecule has 90 valence electrons. The van der Waals surface area contributed by atoms with Gasteiger partial charge in [0.25, 0.3) is 0 Å². The first kappa shape index (κ1) is 12.0. The number of halogens is 1. The fourth-order valence-corrected chi connectivity index (χ4v) is 1.70. The molecular formula is C13H15ClN2O. The van der Waals surface area contributed by atoms with Gasteiger partial charge in [0.15, 0.2) is 0 Å². The van der Waals surface area contributed by atoms with Gasteiger partial charge in [-0.1, -0.05) is 19.1 Å². The lowest BCUT2D eigenvalue weighted by Crippen LogP contribution is -2.09. The average Bonchev–Trinajstić information content (AvgIpc) is 2.87. The van der Waals surface area contributed by atoms with Crippen molar-refractivity contribution in [2.75, 3.05) is 11.9 Å². The molecule has 0 saturated carbocycles. The van der Waals surface area contributed by atoms with Gasteiger partial charge in [0.2, 0.25) is 0 Å². The number of oxazole rings is 1. The Morgan fingerprint density at radius 3 is 2.53 bits per heavy atom. The molecule has 0 saturated heterocycles. The molecule has 4 heteroatoms. The van der Waals surface area contributed by atoms with Crippen molar-refractivity contribution in [3.63, 3.8) is 0 Å². The molecule has 1 aromatic heterocycles. The van der Waals surface area contributed by atoms with Crippen LogP contribution in [0.4, 0.5) is 11.7 Å². The maximum absolute atomic E-state index is 5.69. The molecule has 17 heavy (non-hydrogen) atoms. The standard InChI is InChI=1S/C13H15ClN2O/c1-3-10-4-6-12(7-5-10)16(2)13-15-11(8-14)9-17-13/h4-7,9H,3,8H2,1-2H3. The van der Waals surface area contributed by atoms with Crippen molar-refractivity contribution in [2.24, 2.45) is 0 Å². The van der Waals surface area contributed by atoms with Crippen LogP contribution >= 0.6 is 11.6 Å². The summed E-state index contributed by atoms with van der Waals surface area (Å²) in [7, 11) is 1.92. The van der Waals surface area contributed by atoms with Crippen LogP contribution in [0.15, 0.2) is 34.9 Å². The third-order valence-corrected chi connectivity index (χ3v) is 2.97. The fourth-order valence-electron chi connectivity index (χ4n) is 1.58. The zero-order valence-corrected chi connectivity index (χ0v) is 10.7. The highest BCUT2D eigenvalue weighted by atomic mass is 35.5. The SMILES string of the molecule is CCc1ccc(N(C)c2nc(CCl)co2)cc1. The van der Waals surface area contributed by atoms with E-state index in [1.165, 1.54) is 5.56 Å². The van der Waals surface area contributed by atoms with Crippen LogP contribution in [-0.2, 0) is 12.3 Å². The molecule has 0 aliphatic rings. The smallest absolute Gasteiger partial charge is 0.301 e. The summed E-state index contributed by atoms with van der Waals surface area (Å²) in [4.78, 5) is 6.17. The van der Waals surface area contributed by atoms with Gasteiger partial charge in [-0.3, -0.25) is 4.90 Å². The van der Waals surface area contributed by atoms with Crippen molar-refractivity contribution in [2.45, 2.75) is 19.2 Å². The zero-order valence-electron chi connectivity index (χ0n) is 9.98. The average molecular weight is 251 g/mol. The van der Waals surface area contributed by atoms with Gasteiger partial charge >= 0.3 is 6.01 Å². The van der Waals surface area contributed by atoms with Crippen LogP contribution in [0.25, 0.3) is 0 Å². The van der Waals surface area contributed by atoms with Crippen LogP contribution < -0.4 is 4.90 Å². The third-order valence-electron chi connectivity index (χ3n) is 2.70.